The minimum Gasteiger partial charge on any atom is -0.486 e. The fourth-order valence-electron chi connectivity index (χ4n) is 2.61. The number of nitrogens with one attached hydrogen (secondary N) is 1. The number of halogens is 1. The molecular formula is C22H17BrN2O2. The van der Waals surface area contributed by atoms with Crippen molar-refractivity contribution >= 4 is 15.9 Å². The topological polar surface area (TPSA) is 47.1 Å². The van der Waals surface area contributed by atoms with E-state index >= 15 is 0 Å². The van der Waals surface area contributed by atoms with E-state index in [0.717, 1.165) is 38.8 Å². The molecule has 0 aliphatic rings. The van der Waals surface area contributed by atoms with Gasteiger partial charge < -0.3 is 14.5 Å². The van der Waals surface area contributed by atoms with Gasteiger partial charge in [0.25, 0.3) is 0 Å². The number of hydrogen-bond donors (Lipinski definition) is 1. The summed E-state index contributed by atoms with van der Waals surface area (Å²) in [5, 5.41) is 0. The van der Waals surface area contributed by atoms with Crippen LogP contribution in [0.4, 0.5) is 0 Å². The van der Waals surface area contributed by atoms with Gasteiger partial charge >= 0.3 is 0 Å². The molecule has 134 valence electrons. The number of nitrogens with zero attached hydrogens (tertiary/aromatic N) is 1. The maximum atomic E-state index is 5.86. The van der Waals surface area contributed by atoms with Crippen LogP contribution in [0.5, 0.6) is 17.2 Å². The summed E-state index contributed by atoms with van der Waals surface area (Å²) in [6.45, 7) is 0.397. The summed E-state index contributed by atoms with van der Waals surface area (Å²) in [5.41, 5.74) is 1.88. The average molecular weight is 421 g/mol. The van der Waals surface area contributed by atoms with Crippen LogP contribution >= 0.6 is 15.9 Å². The minimum absolute atomic E-state index is 0.397. The second kappa shape index (κ2) is 8.10. The van der Waals surface area contributed by atoms with Crippen molar-refractivity contribution in [3.8, 4) is 28.5 Å². The first-order valence-corrected chi connectivity index (χ1v) is 9.31. The molecule has 0 amide bonds. The molecule has 1 N–H and O–H groups in total. The van der Waals surface area contributed by atoms with Gasteiger partial charge in [-0.25, -0.2) is 4.98 Å². The van der Waals surface area contributed by atoms with Gasteiger partial charge in [-0.3, -0.25) is 0 Å². The second-order valence-corrected chi connectivity index (χ2v) is 6.83. The smallest absolute Gasteiger partial charge is 0.146 e. The zero-order valence-electron chi connectivity index (χ0n) is 14.4. The Morgan fingerprint density at radius 2 is 1.59 bits per heavy atom. The van der Waals surface area contributed by atoms with Gasteiger partial charge in [0.15, 0.2) is 0 Å². The summed E-state index contributed by atoms with van der Waals surface area (Å²) in [4.78, 5) is 7.76. The molecule has 4 aromatic rings. The van der Waals surface area contributed by atoms with E-state index in [9.17, 15) is 0 Å². The number of para-hydroxylation sites is 1. The quantitative estimate of drug-likeness (QED) is 0.403. The zero-order valence-corrected chi connectivity index (χ0v) is 16.0. The third-order valence-corrected chi connectivity index (χ3v) is 4.42. The van der Waals surface area contributed by atoms with Crippen LogP contribution in [-0.4, -0.2) is 9.97 Å². The fraction of sp³-hybridized carbons (Fsp3) is 0.0455. The van der Waals surface area contributed by atoms with Crippen molar-refractivity contribution in [1.29, 1.82) is 0 Å². The van der Waals surface area contributed by atoms with Crippen molar-refractivity contribution in [3.63, 3.8) is 0 Å². The third kappa shape index (κ3) is 4.57. The Bertz CT molecular complexity index is 1010. The van der Waals surface area contributed by atoms with Crippen LogP contribution in [0.2, 0.25) is 0 Å². The van der Waals surface area contributed by atoms with Crippen LogP contribution in [0.3, 0.4) is 0 Å². The van der Waals surface area contributed by atoms with Gasteiger partial charge in [0, 0.05) is 16.2 Å². The molecule has 4 rings (SSSR count). The molecule has 0 bridgehead atoms. The van der Waals surface area contributed by atoms with Crippen LogP contribution in [0, 0.1) is 0 Å². The van der Waals surface area contributed by atoms with E-state index in [2.05, 4.69) is 25.9 Å². The maximum absolute atomic E-state index is 5.86. The molecule has 0 spiro atoms. The van der Waals surface area contributed by atoms with Crippen LogP contribution < -0.4 is 9.47 Å². The van der Waals surface area contributed by atoms with Crippen molar-refractivity contribution in [2.24, 2.45) is 0 Å². The molecule has 1 aromatic heterocycles. The first kappa shape index (κ1) is 17.4. The standard InChI is InChI=1S/C22H17BrN2O2/c23-17-5-4-8-20(13-17)27-19-11-9-16(10-12-19)21-14-24-22(25-21)15-26-18-6-2-1-3-7-18/h1-14H,15H2,(H,24,25). The Hall–Kier alpha value is -3.05. The Kier molecular flexibility index (Phi) is 5.21. The number of H-pyrrole nitrogens is 1. The highest BCUT2D eigenvalue weighted by Gasteiger charge is 2.06. The minimum atomic E-state index is 0.397. The predicted molar refractivity (Wildman–Crippen MR) is 109 cm³/mol. The van der Waals surface area contributed by atoms with Crippen molar-refractivity contribution < 1.29 is 9.47 Å². The number of hydrogen-bond acceptors (Lipinski definition) is 3. The first-order valence-electron chi connectivity index (χ1n) is 8.52. The SMILES string of the molecule is Brc1cccc(Oc2ccc(-c3c[nH]c(COc4ccccc4)n3)cc2)c1. The van der Waals surface area contributed by atoms with E-state index in [1.165, 1.54) is 0 Å². The molecule has 4 nitrogen and oxygen atoms in total. The molecule has 0 saturated heterocycles. The van der Waals surface area contributed by atoms with Gasteiger partial charge in [0.2, 0.25) is 0 Å². The highest BCUT2D eigenvalue weighted by atomic mass is 79.9. The van der Waals surface area contributed by atoms with Gasteiger partial charge in [-0.05, 0) is 54.6 Å². The molecule has 5 heteroatoms. The number of imidazole rings is 1. The lowest BCUT2D eigenvalue weighted by molar-refractivity contribution is 0.297. The van der Waals surface area contributed by atoms with Crippen LogP contribution in [0.25, 0.3) is 11.3 Å². The normalized spacial score (nSPS) is 10.6. The van der Waals surface area contributed by atoms with Crippen molar-refractivity contribution in [2.45, 2.75) is 6.61 Å². The van der Waals surface area contributed by atoms with E-state index in [1.54, 1.807) is 0 Å². The number of benzene rings is 3. The Balaban J connectivity index is 1.41. The molecular weight excluding hydrogens is 404 g/mol. The summed E-state index contributed by atoms with van der Waals surface area (Å²) in [5.74, 6) is 3.17. The second-order valence-electron chi connectivity index (χ2n) is 5.92. The first-order chi connectivity index (χ1) is 13.3. The molecule has 0 unspecified atom stereocenters. The molecule has 0 radical (unpaired) electrons. The lowest BCUT2D eigenvalue weighted by Gasteiger charge is -2.06. The van der Waals surface area contributed by atoms with E-state index in [4.69, 9.17) is 9.47 Å². The Morgan fingerprint density at radius 1 is 0.815 bits per heavy atom. The van der Waals surface area contributed by atoms with E-state index in [-0.39, 0.29) is 0 Å². The Morgan fingerprint density at radius 3 is 2.37 bits per heavy atom. The lowest BCUT2D eigenvalue weighted by Crippen LogP contribution is -1.97. The molecule has 0 saturated carbocycles. The number of ether oxygens (including phenoxy) is 2. The molecule has 0 aliphatic carbocycles. The van der Waals surface area contributed by atoms with Gasteiger partial charge in [-0.15, -0.1) is 0 Å². The number of rotatable bonds is 6. The molecule has 3 aromatic carbocycles. The van der Waals surface area contributed by atoms with Crippen molar-refractivity contribution in [2.75, 3.05) is 0 Å². The molecule has 0 fully saturated rings. The van der Waals surface area contributed by atoms with E-state index < -0.39 is 0 Å². The maximum Gasteiger partial charge on any atom is 0.146 e. The van der Waals surface area contributed by atoms with E-state index in [0.29, 0.717) is 6.61 Å². The third-order valence-electron chi connectivity index (χ3n) is 3.93. The number of aromatic amines is 1. The average Bonchev–Trinajstić information content (AvgIpc) is 3.17. The van der Waals surface area contributed by atoms with Gasteiger partial charge in [0.05, 0.1) is 5.69 Å². The van der Waals surface area contributed by atoms with Gasteiger partial charge in [-0.2, -0.15) is 0 Å². The predicted octanol–water partition coefficient (Wildman–Crippen LogP) is 6.21. The summed E-state index contributed by atoms with van der Waals surface area (Å²) in [6.07, 6.45) is 1.88. The highest BCUT2D eigenvalue weighted by molar-refractivity contribution is 9.10. The molecule has 0 atom stereocenters. The largest absolute Gasteiger partial charge is 0.486 e. The summed E-state index contributed by atoms with van der Waals surface area (Å²) in [6, 6.07) is 25.3. The van der Waals surface area contributed by atoms with Gasteiger partial charge in [0.1, 0.15) is 29.7 Å². The van der Waals surface area contributed by atoms with Crippen LogP contribution in [0.1, 0.15) is 5.82 Å². The Labute approximate surface area is 165 Å². The summed E-state index contributed by atoms with van der Waals surface area (Å²) >= 11 is 3.45. The monoisotopic (exact) mass is 420 g/mol. The van der Waals surface area contributed by atoms with Crippen molar-refractivity contribution in [3.05, 3.63) is 95.4 Å². The summed E-state index contributed by atoms with van der Waals surface area (Å²) < 4.78 is 12.6. The van der Waals surface area contributed by atoms with Crippen molar-refractivity contribution in [1.82, 2.24) is 9.97 Å². The fourth-order valence-corrected chi connectivity index (χ4v) is 2.99. The van der Waals surface area contributed by atoms with Gasteiger partial charge in [-0.1, -0.05) is 40.2 Å². The lowest BCUT2D eigenvalue weighted by atomic mass is 10.1. The zero-order chi connectivity index (χ0) is 18.5. The van der Waals surface area contributed by atoms with E-state index in [1.807, 2.05) is 85.1 Å². The molecule has 1 heterocycles. The highest BCUT2D eigenvalue weighted by Crippen LogP contribution is 2.27. The number of aromatic nitrogens is 2. The molecule has 0 aliphatic heterocycles. The van der Waals surface area contributed by atoms with Crippen LogP contribution in [-0.2, 0) is 6.61 Å². The van der Waals surface area contributed by atoms with Crippen LogP contribution in [0.15, 0.2) is 89.5 Å². The summed E-state index contributed by atoms with van der Waals surface area (Å²) in [7, 11) is 0. The molecule has 27 heavy (non-hydrogen) atoms.